The van der Waals surface area contributed by atoms with Crippen LogP contribution in [0, 0.1) is 0 Å². The Kier molecular flexibility index (Phi) is 7.26. The van der Waals surface area contributed by atoms with Crippen LogP contribution in [0.15, 0.2) is 11.5 Å². The first kappa shape index (κ1) is 10.1. The SMILES string of the molecule is C=C(CCCCC)SCC. The van der Waals surface area contributed by atoms with E-state index in [0.29, 0.717) is 0 Å². The Morgan fingerprint density at radius 1 is 1.30 bits per heavy atom. The highest BCUT2D eigenvalue weighted by atomic mass is 32.2. The molecule has 0 heterocycles. The monoisotopic (exact) mass is 158 g/mol. The number of hydrogen-bond donors (Lipinski definition) is 0. The summed E-state index contributed by atoms with van der Waals surface area (Å²) in [7, 11) is 0. The van der Waals surface area contributed by atoms with Gasteiger partial charge in [0.15, 0.2) is 0 Å². The summed E-state index contributed by atoms with van der Waals surface area (Å²) in [6.07, 6.45) is 5.20. The molecule has 0 aliphatic heterocycles. The van der Waals surface area contributed by atoms with Gasteiger partial charge in [0, 0.05) is 0 Å². The lowest BCUT2D eigenvalue weighted by atomic mass is 10.2. The van der Waals surface area contributed by atoms with Gasteiger partial charge in [-0.3, -0.25) is 0 Å². The molecular weight excluding hydrogens is 140 g/mol. The smallest absolute Gasteiger partial charge is 0.00519 e. The Bertz CT molecular complexity index is 86.7. The number of rotatable bonds is 6. The maximum Gasteiger partial charge on any atom is -0.00519 e. The van der Waals surface area contributed by atoms with Crippen molar-refractivity contribution in [3.8, 4) is 0 Å². The van der Waals surface area contributed by atoms with Crippen molar-refractivity contribution < 1.29 is 0 Å². The average molecular weight is 158 g/mol. The van der Waals surface area contributed by atoms with Gasteiger partial charge in [0.05, 0.1) is 0 Å². The van der Waals surface area contributed by atoms with Crippen molar-refractivity contribution in [1.82, 2.24) is 0 Å². The van der Waals surface area contributed by atoms with Crippen molar-refractivity contribution in [1.29, 1.82) is 0 Å². The van der Waals surface area contributed by atoms with Gasteiger partial charge in [-0.15, -0.1) is 11.8 Å². The normalized spacial score (nSPS) is 9.80. The van der Waals surface area contributed by atoms with Gasteiger partial charge in [0.1, 0.15) is 0 Å². The van der Waals surface area contributed by atoms with Gasteiger partial charge in [0.2, 0.25) is 0 Å². The molecule has 0 saturated heterocycles. The molecule has 0 spiro atoms. The van der Waals surface area contributed by atoms with Crippen LogP contribution in [-0.2, 0) is 0 Å². The molecule has 0 radical (unpaired) electrons. The summed E-state index contributed by atoms with van der Waals surface area (Å²) in [5.74, 6) is 1.17. The first-order chi connectivity index (χ1) is 4.81. The predicted octanol–water partition coefficient (Wildman–Crippen LogP) is 3.83. The minimum absolute atomic E-state index is 1.17. The van der Waals surface area contributed by atoms with E-state index >= 15 is 0 Å². The van der Waals surface area contributed by atoms with Gasteiger partial charge in [0.25, 0.3) is 0 Å². The first-order valence-corrected chi connectivity index (χ1v) is 5.10. The zero-order valence-corrected chi connectivity index (χ0v) is 7.97. The number of allylic oxidation sites excluding steroid dienone is 1. The molecule has 0 aliphatic carbocycles. The van der Waals surface area contributed by atoms with E-state index in [1.54, 1.807) is 0 Å². The zero-order valence-electron chi connectivity index (χ0n) is 7.15. The van der Waals surface area contributed by atoms with E-state index in [-0.39, 0.29) is 0 Å². The molecule has 1 heteroatoms. The predicted molar refractivity (Wildman–Crippen MR) is 51.4 cm³/mol. The van der Waals surface area contributed by atoms with Crippen molar-refractivity contribution in [2.45, 2.75) is 39.5 Å². The van der Waals surface area contributed by atoms with E-state index < -0.39 is 0 Å². The Balaban J connectivity index is 3.05. The summed E-state index contributed by atoms with van der Waals surface area (Å²) in [5.41, 5.74) is 0. The van der Waals surface area contributed by atoms with Crippen LogP contribution in [-0.4, -0.2) is 5.75 Å². The summed E-state index contributed by atoms with van der Waals surface area (Å²) >= 11 is 1.89. The summed E-state index contributed by atoms with van der Waals surface area (Å²) in [6.45, 7) is 8.39. The van der Waals surface area contributed by atoms with E-state index in [4.69, 9.17) is 0 Å². The molecule has 0 aliphatic rings. The second-order valence-electron chi connectivity index (χ2n) is 2.43. The quantitative estimate of drug-likeness (QED) is 0.529. The molecule has 0 aromatic heterocycles. The van der Waals surface area contributed by atoms with E-state index in [1.807, 2.05) is 11.8 Å². The highest BCUT2D eigenvalue weighted by molar-refractivity contribution is 8.03. The largest absolute Gasteiger partial charge is 0.132 e. The summed E-state index contributed by atoms with van der Waals surface area (Å²) in [4.78, 5) is 1.36. The first-order valence-electron chi connectivity index (χ1n) is 4.11. The molecule has 0 unspecified atom stereocenters. The van der Waals surface area contributed by atoms with E-state index in [0.717, 1.165) is 0 Å². The fourth-order valence-corrected chi connectivity index (χ4v) is 1.55. The second-order valence-corrected chi connectivity index (χ2v) is 3.87. The maximum atomic E-state index is 3.98. The van der Waals surface area contributed by atoms with Gasteiger partial charge < -0.3 is 0 Å². The lowest BCUT2D eigenvalue weighted by Gasteiger charge is -2.00. The molecule has 0 bridgehead atoms. The molecular formula is C9H18S. The van der Waals surface area contributed by atoms with Gasteiger partial charge in [-0.05, 0) is 23.5 Å². The second kappa shape index (κ2) is 7.20. The average Bonchev–Trinajstić information content (AvgIpc) is 1.89. The van der Waals surface area contributed by atoms with Gasteiger partial charge in [-0.2, -0.15) is 0 Å². The molecule has 0 N–H and O–H groups in total. The van der Waals surface area contributed by atoms with Crippen LogP contribution in [0.2, 0.25) is 0 Å². The Hall–Kier alpha value is 0.0900. The number of thioether (sulfide) groups is 1. The summed E-state index contributed by atoms with van der Waals surface area (Å²) in [5, 5.41) is 0. The molecule has 0 atom stereocenters. The molecule has 0 aromatic rings. The number of hydrogen-bond acceptors (Lipinski definition) is 1. The minimum atomic E-state index is 1.17. The highest BCUT2D eigenvalue weighted by Gasteiger charge is 1.91. The van der Waals surface area contributed by atoms with Crippen LogP contribution >= 0.6 is 11.8 Å². The zero-order chi connectivity index (χ0) is 7.82. The standard InChI is InChI=1S/C9H18S/c1-4-6-7-8-9(3)10-5-2/h3-8H2,1-2H3. The fourth-order valence-electron chi connectivity index (χ4n) is 0.848. The lowest BCUT2D eigenvalue weighted by molar-refractivity contribution is 0.726. The topological polar surface area (TPSA) is 0 Å². The van der Waals surface area contributed by atoms with Crippen LogP contribution in [0.1, 0.15) is 39.5 Å². The van der Waals surface area contributed by atoms with Crippen molar-refractivity contribution >= 4 is 11.8 Å². The molecule has 0 saturated carbocycles. The minimum Gasteiger partial charge on any atom is -0.132 e. The van der Waals surface area contributed by atoms with Crippen molar-refractivity contribution in [3.05, 3.63) is 11.5 Å². The van der Waals surface area contributed by atoms with Crippen molar-refractivity contribution in [2.24, 2.45) is 0 Å². The van der Waals surface area contributed by atoms with E-state index in [9.17, 15) is 0 Å². The van der Waals surface area contributed by atoms with Crippen molar-refractivity contribution in [2.75, 3.05) is 5.75 Å². The summed E-state index contributed by atoms with van der Waals surface area (Å²) in [6, 6.07) is 0. The molecule has 0 nitrogen and oxygen atoms in total. The van der Waals surface area contributed by atoms with Crippen LogP contribution < -0.4 is 0 Å². The third-order valence-electron chi connectivity index (χ3n) is 1.41. The fraction of sp³-hybridized carbons (Fsp3) is 0.778. The Morgan fingerprint density at radius 3 is 2.50 bits per heavy atom. The van der Waals surface area contributed by atoms with E-state index in [2.05, 4.69) is 20.4 Å². The molecule has 0 fully saturated rings. The van der Waals surface area contributed by atoms with Gasteiger partial charge >= 0.3 is 0 Å². The number of unbranched alkanes of at least 4 members (excludes halogenated alkanes) is 2. The lowest BCUT2D eigenvalue weighted by Crippen LogP contribution is -1.78. The van der Waals surface area contributed by atoms with Crippen LogP contribution in [0.3, 0.4) is 0 Å². The van der Waals surface area contributed by atoms with Crippen LogP contribution in [0.25, 0.3) is 0 Å². The third-order valence-corrected chi connectivity index (χ3v) is 2.31. The van der Waals surface area contributed by atoms with Crippen LogP contribution in [0.5, 0.6) is 0 Å². The van der Waals surface area contributed by atoms with Crippen molar-refractivity contribution in [3.63, 3.8) is 0 Å². The Morgan fingerprint density at radius 2 is 2.00 bits per heavy atom. The van der Waals surface area contributed by atoms with Gasteiger partial charge in [-0.1, -0.05) is 33.3 Å². The third kappa shape index (κ3) is 6.21. The van der Waals surface area contributed by atoms with E-state index in [1.165, 1.54) is 36.3 Å². The van der Waals surface area contributed by atoms with Gasteiger partial charge in [-0.25, -0.2) is 0 Å². The summed E-state index contributed by atoms with van der Waals surface area (Å²) < 4.78 is 0. The highest BCUT2D eigenvalue weighted by Crippen LogP contribution is 2.19. The maximum absolute atomic E-state index is 3.98. The Labute approximate surface area is 69.1 Å². The molecule has 0 aromatic carbocycles. The molecule has 10 heavy (non-hydrogen) atoms. The molecule has 0 rings (SSSR count). The molecule has 60 valence electrons. The van der Waals surface area contributed by atoms with Crippen LogP contribution in [0.4, 0.5) is 0 Å². The molecule has 0 amide bonds.